The summed E-state index contributed by atoms with van der Waals surface area (Å²) in [5, 5.41) is 4.57. The van der Waals surface area contributed by atoms with Crippen LogP contribution in [-0.2, 0) is 0 Å². The second-order valence-electron chi connectivity index (χ2n) is 12.6. The molecule has 3 aromatic heterocycles. The lowest BCUT2D eigenvalue weighted by Gasteiger charge is -2.12. The van der Waals surface area contributed by atoms with Gasteiger partial charge in [0.25, 0.3) is 0 Å². The van der Waals surface area contributed by atoms with E-state index in [0.717, 1.165) is 72.1 Å². The van der Waals surface area contributed by atoms with E-state index in [4.69, 9.17) is 14.4 Å². The summed E-state index contributed by atoms with van der Waals surface area (Å²) in [6, 6.07) is 61.3. The summed E-state index contributed by atoms with van der Waals surface area (Å²) in [7, 11) is 0. The highest BCUT2D eigenvalue weighted by atomic mass is 16.3. The van der Waals surface area contributed by atoms with E-state index in [2.05, 4.69) is 144 Å². The van der Waals surface area contributed by atoms with Crippen LogP contribution in [-0.4, -0.2) is 14.5 Å². The third-order valence-electron chi connectivity index (χ3n) is 9.65. The van der Waals surface area contributed by atoms with Crippen molar-refractivity contribution < 1.29 is 4.42 Å². The van der Waals surface area contributed by atoms with Crippen molar-refractivity contribution in [3.63, 3.8) is 0 Å². The second kappa shape index (κ2) is 11.4. The van der Waals surface area contributed by atoms with Crippen molar-refractivity contribution in [2.75, 3.05) is 0 Å². The van der Waals surface area contributed by atoms with Gasteiger partial charge in [0.05, 0.1) is 27.8 Å². The van der Waals surface area contributed by atoms with E-state index >= 15 is 0 Å². The normalized spacial score (nSPS) is 11.6. The Labute approximate surface area is 288 Å². The van der Waals surface area contributed by atoms with Gasteiger partial charge >= 0.3 is 0 Å². The zero-order valence-electron chi connectivity index (χ0n) is 27.0. The van der Waals surface area contributed by atoms with Crippen molar-refractivity contribution >= 4 is 43.7 Å². The molecule has 0 bridgehead atoms. The summed E-state index contributed by atoms with van der Waals surface area (Å²) >= 11 is 0. The molecule has 3 heterocycles. The number of nitrogens with zero attached hydrogens (tertiary/aromatic N) is 3. The maximum absolute atomic E-state index is 6.50. The van der Waals surface area contributed by atoms with E-state index < -0.39 is 0 Å². The lowest BCUT2D eigenvalue weighted by molar-refractivity contribution is 0.673. The molecule has 0 aliphatic rings. The predicted octanol–water partition coefficient (Wildman–Crippen LogP) is 12.1. The molecule has 234 valence electrons. The SMILES string of the molecule is c1ccc(-c2ccc(-c3cc(-c4ccc(-n5c6ccccc6c6c7oc8ccccc8c7ccc65)cc4)nc(-c4ccccc4)n3)cc2)cc1. The smallest absolute Gasteiger partial charge is 0.160 e. The fourth-order valence-electron chi connectivity index (χ4n) is 7.22. The Kier molecular flexibility index (Phi) is 6.46. The highest BCUT2D eigenvalue weighted by molar-refractivity contribution is 6.23. The van der Waals surface area contributed by atoms with E-state index in [1.165, 1.54) is 16.5 Å². The van der Waals surface area contributed by atoms with Crippen LogP contribution in [0.3, 0.4) is 0 Å². The average molecular weight is 640 g/mol. The third kappa shape index (κ3) is 4.61. The lowest BCUT2D eigenvalue weighted by atomic mass is 10.0. The molecule has 10 aromatic rings. The highest BCUT2D eigenvalue weighted by Crippen LogP contribution is 2.40. The molecule has 0 unspecified atom stereocenters. The number of aromatic nitrogens is 3. The van der Waals surface area contributed by atoms with Crippen LogP contribution in [0, 0.1) is 0 Å². The van der Waals surface area contributed by atoms with E-state index in [-0.39, 0.29) is 0 Å². The molecule has 0 fully saturated rings. The summed E-state index contributed by atoms with van der Waals surface area (Å²) in [5.41, 5.74) is 12.3. The maximum atomic E-state index is 6.50. The Morgan fingerprint density at radius 2 is 0.960 bits per heavy atom. The first kappa shape index (κ1) is 28.3. The zero-order chi connectivity index (χ0) is 33.0. The summed E-state index contributed by atoms with van der Waals surface area (Å²) < 4.78 is 8.83. The van der Waals surface area contributed by atoms with Crippen molar-refractivity contribution in [2.45, 2.75) is 0 Å². The van der Waals surface area contributed by atoms with E-state index in [9.17, 15) is 0 Å². The van der Waals surface area contributed by atoms with Crippen LogP contribution in [0.4, 0.5) is 0 Å². The molecule has 0 amide bonds. The van der Waals surface area contributed by atoms with Gasteiger partial charge in [-0.15, -0.1) is 0 Å². The zero-order valence-corrected chi connectivity index (χ0v) is 27.0. The van der Waals surface area contributed by atoms with Crippen LogP contribution in [0.1, 0.15) is 0 Å². The van der Waals surface area contributed by atoms with Crippen LogP contribution in [0.2, 0.25) is 0 Å². The highest BCUT2D eigenvalue weighted by Gasteiger charge is 2.19. The fourth-order valence-corrected chi connectivity index (χ4v) is 7.22. The largest absolute Gasteiger partial charge is 0.455 e. The Hall–Kier alpha value is -6.78. The summed E-state index contributed by atoms with van der Waals surface area (Å²) in [4.78, 5) is 10.1. The Morgan fingerprint density at radius 1 is 0.400 bits per heavy atom. The minimum Gasteiger partial charge on any atom is -0.455 e. The van der Waals surface area contributed by atoms with Gasteiger partial charge in [0, 0.05) is 38.5 Å². The molecule has 50 heavy (non-hydrogen) atoms. The minimum atomic E-state index is 0.701. The van der Waals surface area contributed by atoms with Crippen molar-refractivity contribution in [3.8, 4) is 50.7 Å². The molecule has 0 aliphatic carbocycles. The van der Waals surface area contributed by atoms with Gasteiger partial charge in [0.15, 0.2) is 5.82 Å². The van der Waals surface area contributed by atoms with Gasteiger partial charge < -0.3 is 8.98 Å². The van der Waals surface area contributed by atoms with Gasteiger partial charge in [0.1, 0.15) is 11.2 Å². The molecule has 0 N–H and O–H groups in total. The van der Waals surface area contributed by atoms with Crippen LogP contribution in [0.25, 0.3) is 94.5 Å². The van der Waals surface area contributed by atoms with Crippen LogP contribution < -0.4 is 0 Å². The van der Waals surface area contributed by atoms with Gasteiger partial charge in [0.2, 0.25) is 0 Å². The summed E-state index contributed by atoms with van der Waals surface area (Å²) in [6.07, 6.45) is 0. The fraction of sp³-hybridized carbons (Fsp3) is 0. The number of para-hydroxylation sites is 2. The number of furan rings is 1. The number of rotatable bonds is 5. The first-order valence-electron chi connectivity index (χ1n) is 16.8. The molecule has 4 heteroatoms. The van der Waals surface area contributed by atoms with Crippen molar-refractivity contribution in [1.29, 1.82) is 0 Å². The third-order valence-corrected chi connectivity index (χ3v) is 9.65. The van der Waals surface area contributed by atoms with Crippen LogP contribution in [0.5, 0.6) is 0 Å². The minimum absolute atomic E-state index is 0.701. The Balaban J connectivity index is 1.09. The molecule has 0 spiro atoms. The number of hydrogen-bond donors (Lipinski definition) is 0. The first-order chi connectivity index (χ1) is 24.8. The monoisotopic (exact) mass is 639 g/mol. The van der Waals surface area contributed by atoms with Gasteiger partial charge in [-0.1, -0.05) is 133 Å². The average Bonchev–Trinajstić information content (AvgIpc) is 3.74. The standard InChI is InChI=1S/C46H29N3O/c1-3-11-30(12-4-1)31-19-21-32(22-20-31)39-29-40(48-46(47-39)34-13-5-2-6-14-34)33-23-25-35(26-24-33)49-41-17-9-7-16-38(41)44-42(49)28-27-37-36-15-8-10-18-43(36)50-45(37)44/h1-29H. The van der Waals surface area contributed by atoms with Crippen LogP contribution in [0.15, 0.2) is 180 Å². The molecule has 0 saturated carbocycles. The summed E-state index contributed by atoms with van der Waals surface area (Å²) in [5.74, 6) is 0.701. The molecule has 0 aliphatic heterocycles. The second-order valence-corrected chi connectivity index (χ2v) is 12.6. The van der Waals surface area contributed by atoms with Gasteiger partial charge in [-0.25, -0.2) is 9.97 Å². The Morgan fingerprint density at radius 3 is 1.68 bits per heavy atom. The van der Waals surface area contributed by atoms with Crippen molar-refractivity contribution in [2.24, 2.45) is 0 Å². The van der Waals surface area contributed by atoms with Gasteiger partial charge in [-0.2, -0.15) is 0 Å². The molecule has 0 saturated heterocycles. The topological polar surface area (TPSA) is 43.9 Å². The van der Waals surface area contributed by atoms with Crippen molar-refractivity contribution in [3.05, 3.63) is 176 Å². The summed E-state index contributed by atoms with van der Waals surface area (Å²) in [6.45, 7) is 0. The van der Waals surface area contributed by atoms with Gasteiger partial charge in [-0.05, 0) is 53.6 Å². The van der Waals surface area contributed by atoms with E-state index in [1.807, 2.05) is 36.4 Å². The molecule has 10 rings (SSSR count). The van der Waals surface area contributed by atoms with E-state index in [0.29, 0.717) is 5.82 Å². The molecule has 0 radical (unpaired) electrons. The lowest BCUT2D eigenvalue weighted by Crippen LogP contribution is -1.97. The Bertz CT molecular complexity index is 2830. The number of benzene rings is 7. The first-order valence-corrected chi connectivity index (χ1v) is 16.8. The number of hydrogen-bond acceptors (Lipinski definition) is 3. The molecule has 0 atom stereocenters. The quantitative estimate of drug-likeness (QED) is 0.188. The molecule has 7 aromatic carbocycles. The molecular weight excluding hydrogens is 611 g/mol. The van der Waals surface area contributed by atoms with Crippen molar-refractivity contribution in [1.82, 2.24) is 14.5 Å². The predicted molar refractivity (Wildman–Crippen MR) is 205 cm³/mol. The molecular formula is C46H29N3O. The maximum Gasteiger partial charge on any atom is 0.160 e. The van der Waals surface area contributed by atoms with Crippen LogP contribution >= 0.6 is 0 Å². The van der Waals surface area contributed by atoms with E-state index in [1.54, 1.807) is 0 Å². The molecule has 4 nitrogen and oxygen atoms in total. The number of fused-ring (bicyclic) bond motifs is 7. The van der Waals surface area contributed by atoms with Gasteiger partial charge in [-0.3, -0.25) is 0 Å².